The zero-order chi connectivity index (χ0) is 18.7. The van der Waals surface area contributed by atoms with E-state index in [9.17, 15) is 13.2 Å². The molecule has 2 heterocycles. The van der Waals surface area contributed by atoms with E-state index in [2.05, 4.69) is 4.72 Å². The average Bonchev–Trinajstić information content (AvgIpc) is 3.08. The molecule has 0 spiro atoms. The van der Waals surface area contributed by atoms with Gasteiger partial charge in [0.2, 0.25) is 12.7 Å². The van der Waals surface area contributed by atoms with Crippen molar-refractivity contribution in [1.29, 1.82) is 0 Å². The summed E-state index contributed by atoms with van der Waals surface area (Å²) in [5.74, 6) is 1.54. The molecule has 3 rings (SSSR count). The summed E-state index contributed by atoms with van der Waals surface area (Å²) in [6, 6.07) is 5.53. The minimum Gasteiger partial charge on any atom is -0.454 e. The van der Waals surface area contributed by atoms with Crippen molar-refractivity contribution in [3.8, 4) is 11.5 Å². The van der Waals surface area contributed by atoms with E-state index in [0.29, 0.717) is 37.6 Å². The molecular formula is C17H25N3O5S. The number of nitrogens with zero attached hydrogens (tertiary/aromatic N) is 2. The van der Waals surface area contributed by atoms with Crippen molar-refractivity contribution in [1.82, 2.24) is 13.9 Å². The summed E-state index contributed by atoms with van der Waals surface area (Å²) in [6.07, 6.45) is 2.08. The summed E-state index contributed by atoms with van der Waals surface area (Å²) >= 11 is 0. The van der Waals surface area contributed by atoms with Crippen molar-refractivity contribution in [3.05, 3.63) is 23.8 Å². The molecule has 2 aliphatic rings. The Morgan fingerprint density at radius 1 is 1.31 bits per heavy atom. The Kier molecular flexibility index (Phi) is 5.69. The highest BCUT2D eigenvalue weighted by Gasteiger charge is 2.25. The van der Waals surface area contributed by atoms with Crippen LogP contribution in [0.25, 0.3) is 0 Å². The van der Waals surface area contributed by atoms with E-state index in [1.807, 2.05) is 23.1 Å². The molecule has 2 aliphatic heterocycles. The molecule has 0 unspecified atom stereocenters. The van der Waals surface area contributed by atoms with Gasteiger partial charge in [-0.15, -0.1) is 0 Å². The normalized spacial score (nSPS) is 19.8. The van der Waals surface area contributed by atoms with Gasteiger partial charge in [0.05, 0.1) is 6.42 Å². The highest BCUT2D eigenvalue weighted by Crippen LogP contribution is 2.32. The molecule has 9 heteroatoms. The highest BCUT2D eigenvalue weighted by atomic mass is 32.2. The molecule has 1 amide bonds. The lowest BCUT2D eigenvalue weighted by molar-refractivity contribution is -0.132. The van der Waals surface area contributed by atoms with Gasteiger partial charge in [-0.2, -0.15) is 12.7 Å². The second-order valence-electron chi connectivity index (χ2n) is 6.85. The Bertz CT molecular complexity index is 766. The Hall–Kier alpha value is -1.84. The summed E-state index contributed by atoms with van der Waals surface area (Å²) < 4.78 is 38.0. The van der Waals surface area contributed by atoms with Crippen LogP contribution in [0.5, 0.6) is 11.5 Å². The van der Waals surface area contributed by atoms with E-state index < -0.39 is 10.2 Å². The fourth-order valence-corrected chi connectivity index (χ4v) is 3.85. The van der Waals surface area contributed by atoms with Crippen LogP contribution in [-0.4, -0.2) is 64.1 Å². The first-order valence-electron chi connectivity index (χ1n) is 8.68. The van der Waals surface area contributed by atoms with Crippen LogP contribution < -0.4 is 14.2 Å². The average molecular weight is 383 g/mol. The highest BCUT2D eigenvalue weighted by molar-refractivity contribution is 7.87. The molecule has 1 N–H and O–H groups in total. The molecule has 1 aromatic carbocycles. The summed E-state index contributed by atoms with van der Waals surface area (Å²) in [6.45, 7) is 1.83. The largest absolute Gasteiger partial charge is 0.454 e. The standard InChI is InChI=1S/C17H25N3O5S/c1-19(2)26(22,23)18-10-14-4-3-7-20(11-14)17(21)9-13-5-6-15-16(8-13)25-12-24-15/h5-6,8,14,18H,3-4,7,9-12H2,1-2H3/t14-/m1/s1. The summed E-state index contributed by atoms with van der Waals surface area (Å²) in [5, 5.41) is 0. The SMILES string of the molecule is CN(C)S(=O)(=O)NC[C@H]1CCCN(C(=O)Cc2ccc3c(c2)OCO3)C1. The molecule has 1 fully saturated rings. The number of rotatable bonds is 6. The van der Waals surface area contributed by atoms with Gasteiger partial charge in [-0.05, 0) is 36.5 Å². The molecule has 0 aromatic heterocycles. The van der Waals surface area contributed by atoms with Crippen LogP contribution >= 0.6 is 0 Å². The topological polar surface area (TPSA) is 88.2 Å². The molecule has 1 aromatic rings. The number of carbonyl (C=O) groups is 1. The van der Waals surface area contributed by atoms with Gasteiger partial charge in [-0.1, -0.05) is 6.07 Å². The number of likely N-dealkylation sites (tertiary alicyclic amines) is 1. The summed E-state index contributed by atoms with van der Waals surface area (Å²) in [5.41, 5.74) is 0.884. The van der Waals surface area contributed by atoms with E-state index >= 15 is 0 Å². The van der Waals surface area contributed by atoms with Crippen LogP contribution in [0.2, 0.25) is 0 Å². The molecule has 0 aliphatic carbocycles. The molecular weight excluding hydrogens is 358 g/mol. The first-order chi connectivity index (χ1) is 12.3. The maximum Gasteiger partial charge on any atom is 0.278 e. The third-order valence-corrected chi connectivity index (χ3v) is 6.19. The number of amides is 1. The van der Waals surface area contributed by atoms with Crippen molar-refractivity contribution in [2.45, 2.75) is 19.3 Å². The fraction of sp³-hybridized carbons (Fsp3) is 0.588. The van der Waals surface area contributed by atoms with Crippen LogP contribution in [0, 0.1) is 5.92 Å². The van der Waals surface area contributed by atoms with Gasteiger partial charge in [-0.3, -0.25) is 4.79 Å². The third-order valence-electron chi connectivity index (χ3n) is 4.70. The van der Waals surface area contributed by atoms with Crippen LogP contribution in [-0.2, 0) is 21.4 Å². The first kappa shape index (κ1) is 18.9. The van der Waals surface area contributed by atoms with Crippen molar-refractivity contribution in [2.75, 3.05) is 40.5 Å². The molecule has 144 valence electrons. The van der Waals surface area contributed by atoms with Gasteiger partial charge < -0.3 is 14.4 Å². The third kappa shape index (κ3) is 4.46. The van der Waals surface area contributed by atoms with Gasteiger partial charge in [0, 0.05) is 33.7 Å². The van der Waals surface area contributed by atoms with E-state index in [0.717, 1.165) is 22.7 Å². The zero-order valence-corrected chi connectivity index (χ0v) is 15.9. The van der Waals surface area contributed by atoms with Crippen molar-refractivity contribution >= 4 is 16.1 Å². The maximum absolute atomic E-state index is 12.6. The van der Waals surface area contributed by atoms with Crippen LogP contribution in [0.15, 0.2) is 18.2 Å². The van der Waals surface area contributed by atoms with E-state index in [-0.39, 0.29) is 18.6 Å². The number of carbonyl (C=O) groups excluding carboxylic acids is 1. The predicted molar refractivity (Wildman–Crippen MR) is 96.2 cm³/mol. The second-order valence-corrected chi connectivity index (χ2v) is 8.82. The minimum absolute atomic E-state index is 0.0454. The quantitative estimate of drug-likeness (QED) is 0.777. The van der Waals surface area contributed by atoms with Crippen molar-refractivity contribution < 1.29 is 22.7 Å². The van der Waals surface area contributed by atoms with Crippen LogP contribution in [0.4, 0.5) is 0 Å². The second kappa shape index (κ2) is 7.81. The summed E-state index contributed by atoms with van der Waals surface area (Å²) in [4.78, 5) is 14.5. The Balaban J connectivity index is 1.54. The summed E-state index contributed by atoms with van der Waals surface area (Å²) in [7, 11) is -0.455. The van der Waals surface area contributed by atoms with E-state index in [1.165, 1.54) is 14.1 Å². The number of hydrogen-bond donors (Lipinski definition) is 1. The molecule has 0 saturated carbocycles. The van der Waals surface area contributed by atoms with E-state index in [4.69, 9.17) is 9.47 Å². The number of hydrogen-bond acceptors (Lipinski definition) is 5. The molecule has 8 nitrogen and oxygen atoms in total. The molecule has 1 atom stereocenters. The Labute approximate surface area is 154 Å². The zero-order valence-electron chi connectivity index (χ0n) is 15.1. The molecule has 1 saturated heterocycles. The fourth-order valence-electron chi connectivity index (χ4n) is 3.15. The number of benzene rings is 1. The minimum atomic E-state index is -3.44. The Morgan fingerprint density at radius 2 is 2.08 bits per heavy atom. The van der Waals surface area contributed by atoms with Crippen molar-refractivity contribution in [3.63, 3.8) is 0 Å². The molecule has 0 radical (unpaired) electrons. The predicted octanol–water partition coefficient (Wildman–Crippen LogP) is 0.592. The molecule has 0 bridgehead atoms. The lowest BCUT2D eigenvalue weighted by Gasteiger charge is -2.33. The van der Waals surface area contributed by atoms with Crippen LogP contribution in [0.1, 0.15) is 18.4 Å². The number of ether oxygens (including phenoxy) is 2. The number of nitrogens with one attached hydrogen (secondary N) is 1. The van der Waals surface area contributed by atoms with Gasteiger partial charge in [0.1, 0.15) is 0 Å². The van der Waals surface area contributed by atoms with Gasteiger partial charge in [0.25, 0.3) is 10.2 Å². The van der Waals surface area contributed by atoms with E-state index in [1.54, 1.807) is 0 Å². The lowest BCUT2D eigenvalue weighted by atomic mass is 9.97. The first-order valence-corrected chi connectivity index (χ1v) is 10.1. The number of piperidine rings is 1. The Morgan fingerprint density at radius 3 is 2.85 bits per heavy atom. The van der Waals surface area contributed by atoms with Crippen molar-refractivity contribution in [2.24, 2.45) is 5.92 Å². The van der Waals surface area contributed by atoms with Gasteiger partial charge in [0.15, 0.2) is 11.5 Å². The molecule has 26 heavy (non-hydrogen) atoms. The monoisotopic (exact) mass is 383 g/mol. The smallest absolute Gasteiger partial charge is 0.278 e. The maximum atomic E-state index is 12.6. The van der Waals surface area contributed by atoms with Gasteiger partial charge in [-0.25, -0.2) is 4.72 Å². The number of fused-ring (bicyclic) bond motifs is 1. The van der Waals surface area contributed by atoms with Crippen LogP contribution in [0.3, 0.4) is 0 Å². The lowest BCUT2D eigenvalue weighted by Crippen LogP contribution is -2.45. The van der Waals surface area contributed by atoms with Gasteiger partial charge >= 0.3 is 0 Å².